The Morgan fingerprint density at radius 2 is 1.54 bits per heavy atom. The van der Waals surface area contributed by atoms with Crippen molar-refractivity contribution in [3.05, 3.63) is 70.8 Å². The first-order valence-electron chi connectivity index (χ1n) is 11.2. The number of rotatable bonds is 7. The van der Waals surface area contributed by atoms with Crippen LogP contribution in [0.15, 0.2) is 48.5 Å². The van der Waals surface area contributed by atoms with Crippen LogP contribution in [0.4, 0.5) is 0 Å². The van der Waals surface area contributed by atoms with Crippen LogP contribution >= 0.6 is 0 Å². The summed E-state index contributed by atoms with van der Waals surface area (Å²) in [6.45, 7) is 11.9. The first-order chi connectivity index (χ1) is 13.0. The molecule has 0 bridgehead atoms. The lowest BCUT2D eigenvalue weighted by Gasteiger charge is -2.46. The Morgan fingerprint density at radius 1 is 0.929 bits per heavy atom. The van der Waals surface area contributed by atoms with Gasteiger partial charge in [-0.05, 0) is 65.2 Å². The van der Waals surface area contributed by atoms with Gasteiger partial charge in [0.25, 0.3) is 0 Å². The number of aryl methyl sites for hydroxylation is 1. The van der Waals surface area contributed by atoms with Gasteiger partial charge in [0.2, 0.25) is 0 Å². The minimum atomic E-state index is 0. The molecule has 0 heterocycles. The highest BCUT2D eigenvalue weighted by Gasteiger charge is 2.41. The molecule has 0 spiro atoms. The van der Waals surface area contributed by atoms with Crippen molar-refractivity contribution in [2.45, 2.75) is 92.4 Å². The first kappa shape index (κ1) is 22.7. The van der Waals surface area contributed by atoms with Crippen molar-refractivity contribution < 1.29 is 0 Å². The molecule has 0 heteroatoms. The largest absolute Gasteiger partial charge is 0.0776 e. The summed E-state index contributed by atoms with van der Waals surface area (Å²) in [5, 5.41) is 0. The number of hydrogen-bond donors (Lipinski definition) is 0. The lowest BCUT2D eigenvalue weighted by Crippen LogP contribution is -2.36. The molecule has 2 unspecified atom stereocenters. The fourth-order valence-electron chi connectivity index (χ4n) is 5.65. The van der Waals surface area contributed by atoms with Gasteiger partial charge >= 0.3 is 0 Å². The number of fused-ring (bicyclic) bond motifs is 1. The van der Waals surface area contributed by atoms with Crippen molar-refractivity contribution in [3.8, 4) is 0 Å². The van der Waals surface area contributed by atoms with Crippen LogP contribution in [0.2, 0.25) is 0 Å². The molecule has 0 aliphatic heterocycles. The smallest absolute Gasteiger partial charge is 0.0126 e. The molecule has 2 aromatic rings. The minimum Gasteiger partial charge on any atom is -0.0776 e. The molecule has 2 atom stereocenters. The third kappa shape index (κ3) is 4.53. The molecule has 0 fully saturated rings. The van der Waals surface area contributed by atoms with E-state index in [1.807, 2.05) is 0 Å². The third-order valence-electron chi connectivity index (χ3n) is 7.02. The van der Waals surface area contributed by atoms with Crippen LogP contribution in [0.3, 0.4) is 0 Å². The first-order valence-corrected chi connectivity index (χ1v) is 11.2. The molecule has 2 aromatic carbocycles. The van der Waals surface area contributed by atoms with Crippen LogP contribution in [0.25, 0.3) is 0 Å². The monoisotopic (exact) mass is 378 g/mol. The summed E-state index contributed by atoms with van der Waals surface area (Å²) in [5.41, 5.74) is 6.56. The number of benzene rings is 2. The lowest BCUT2D eigenvalue weighted by molar-refractivity contribution is 0.118. The zero-order chi connectivity index (χ0) is 19.4. The van der Waals surface area contributed by atoms with Gasteiger partial charge in [-0.2, -0.15) is 0 Å². The van der Waals surface area contributed by atoms with Crippen molar-refractivity contribution in [1.82, 2.24) is 0 Å². The maximum atomic E-state index is 2.58. The summed E-state index contributed by atoms with van der Waals surface area (Å²) in [4.78, 5) is 0. The fourth-order valence-corrected chi connectivity index (χ4v) is 5.65. The highest BCUT2D eigenvalue weighted by Crippen LogP contribution is 2.52. The molecule has 0 aromatic heterocycles. The van der Waals surface area contributed by atoms with Crippen molar-refractivity contribution in [3.63, 3.8) is 0 Å². The molecule has 0 saturated carbocycles. The van der Waals surface area contributed by atoms with E-state index in [1.165, 1.54) is 49.7 Å². The lowest BCUT2D eigenvalue weighted by atomic mass is 9.58. The van der Waals surface area contributed by atoms with E-state index in [2.05, 4.69) is 83.1 Å². The van der Waals surface area contributed by atoms with E-state index < -0.39 is 0 Å². The summed E-state index contributed by atoms with van der Waals surface area (Å²) < 4.78 is 0. The highest BCUT2D eigenvalue weighted by atomic mass is 14.5. The Labute approximate surface area is 174 Å². The molecule has 1 aliphatic carbocycles. The SMILES string of the molecule is C.CCCC(C)(CCC)C1CCc2ccccc2C1c1ccc(C(C)C)cc1. The second kappa shape index (κ2) is 9.77. The van der Waals surface area contributed by atoms with E-state index >= 15 is 0 Å². The molecule has 28 heavy (non-hydrogen) atoms. The van der Waals surface area contributed by atoms with Gasteiger partial charge in [0.1, 0.15) is 0 Å². The minimum absolute atomic E-state index is 0. The van der Waals surface area contributed by atoms with Crippen molar-refractivity contribution in [1.29, 1.82) is 0 Å². The van der Waals surface area contributed by atoms with Crippen LogP contribution in [-0.2, 0) is 6.42 Å². The number of hydrogen-bond acceptors (Lipinski definition) is 0. The van der Waals surface area contributed by atoms with Crippen LogP contribution in [0, 0.1) is 11.3 Å². The van der Waals surface area contributed by atoms with Gasteiger partial charge in [-0.25, -0.2) is 0 Å². The Kier molecular flexibility index (Phi) is 7.93. The van der Waals surface area contributed by atoms with Crippen LogP contribution < -0.4 is 0 Å². The predicted octanol–water partition coefficient (Wildman–Crippen LogP) is 8.75. The maximum Gasteiger partial charge on any atom is 0.0126 e. The fraction of sp³-hybridized carbons (Fsp3) is 0.571. The van der Waals surface area contributed by atoms with Gasteiger partial charge in [0.15, 0.2) is 0 Å². The average molecular weight is 379 g/mol. The molecule has 3 rings (SSSR count). The second-order valence-electron chi connectivity index (χ2n) is 9.30. The Hall–Kier alpha value is -1.56. The molecule has 154 valence electrons. The summed E-state index contributed by atoms with van der Waals surface area (Å²) in [6.07, 6.45) is 7.82. The summed E-state index contributed by atoms with van der Waals surface area (Å²) in [6, 6.07) is 18.8. The van der Waals surface area contributed by atoms with Crippen molar-refractivity contribution >= 4 is 0 Å². The van der Waals surface area contributed by atoms with E-state index in [9.17, 15) is 0 Å². The summed E-state index contributed by atoms with van der Waals surface area (Å²) in [5.74, 6) is 1.87. The topological polar surface area (TPSA) is 0 Å². The van der Waals surface area contributed by atoms with Gasteiger partial charge in [-0.1, -0.05) is 103 Å². The van der Waals surface area contributed by atoms with E-state index in [0.29, 0.717) is 17.3 Å². The Balaban J connectivity index is 0.00000280. The van der Waals surface area contributed by atoms with E-state index in [-0.39, 0.29) is 7.43 Å². The summed E-state index contributed by atoms with van der Waals surface area (Å²) in [7, 11) is 0. The zero-order valence-electron chi connectivity index (χ0n) is 18.1. The van der Waals surface area contributed by atoms with Gasteiger partial charge < -0.3 is 0 Å². The average Bonchev–Trinajstić information content (AvgIpc) is 2.67. The molecule has 0 saturated heterocycles. The normalized spacial score (nSPS) is 19.2. The van der Waals surface area contributed by atoms with Crippen molar-refractivity contribution in [2.75, 3.05) is 0 Å². The highest BCUT2D eigenvalue weighted by molar-refractivity contribution is 5.42. The second-order valence-corrected chi connectivity index (χ2v) is 9.30. The Bertz CT molecular complexity index is 716. The van der Waals surface area contributed by atoms with Crippen LogP contribution in [-0.4, -0.2) is 0 Å². The molecule has 0 N–H and O–H groups in total. The third-order valence-corrected chi connectivity index (χ3v) is 7.02. The van der Waals surface area contributed by atoms with Crippen molar-refractivity contribution in [2.24, 2.45) is 11.3 Å². The quantitative estimate of drug-likeness (QED) is 0.451. The summed E-state index contributed by atoms with van der Waals surface area (Å²) >= 11 is 0. The van der Waals surface area contributed by atoms with E-state index in [4.69, 9.17) is 0 Å². The molecule has 0 nitrogen and oxygen atoms in total. The zero-order valence-corrected chi connectivity index (χ0v) is 18.1. The van der Waals surface area contributed by atoms with Crippen LogP contribution in [0.1, 0.15) is 108 Å². The van der Waals surface area contributed by atoms with E-state index in [0.717, 1.165) is 5.92 Å². The standard InChI is InChI=1S/C27H38.CH4/c1-6-18-27(5,19-7-2)25-17-16-22-10-8-9-11-24(22)26(25)23-14-12-21(13-15-23)20(3)4;/h8-15,20,25-26H,6-7,16-19H2,1-5H3;1H4. The predicted molar refractivity (Wildman–Crippen MR) is 125 cm³/mol. The van der Waals surface area contributed by atoms with E-state index in [1.54, 1.807) is 11.1 Å². The molecule has 1 aliphatic rings. The molecular weight excluding hydrogens is 336 g/mol. The van der Waals surface area contributed by atoms with Crippen LogP contribution in [0.5, 0.6) is 0 Å². The van der Waals surface area contributed by atoms with Gasteiger partial charge in [-0.15, -0.1) is 0 Å². The molecule has 0 radical (unpaired) electrons. The maximum absolute atomic E-state index is 2.58. The van der Waals surface area contributed by atoms with Gasteiger partial charge in [-0.3, -0.25) is 0 Å². The van der Waals surface area contributed by atoms with Gasteiger partial charge in [0, 0.05) is 5.92 Å². The van der Waals surface area contributed by atoms with Gasteiger partial charge in [0.05, 0.1) is 0 Å². The molecule has 0 amide bonds. The molecular formula is C28H42. The Morgan fingerprint density at radius 3 is 2.11 bits per heavy atom.